The van der Waals surface area contributed by atoms with Gasteiger partial charge in [-0.1, -0.05) is 34.9 Å². The highest BCUT2D eigenvalue weighted by Gasteiger charge is 2.21. The van der Waals surface area contributed by atoms with Gasteiger partial charge in [0, 0.05) is 11.1 Å². The molecule has 0 saturated carbocycles. The Kier molecular flexibility index (Phi) is 10.0. The number of carbonyl (C=O) groups excluding carboxylic acids is 2. The van der Waals surface area contributed by atoms with Crippen LogP contribution in [0.5, 0.6) is 23.0 Å². The predicted octanol–water partition coefficient (Wildman–Crippen LogP) is 4.12. The molecule has 2 atom stereocenters. The summed E-state index contributed by atoms with van der Waals surface area (Å²) in [6.45, 7) is 9.17. The number of hydrogen-bond acceptors (Lipinski definition) is 13. The van der Waals surface area contributed by atoms with Gasteiger partial charge in [0.1, 0.15) is 26.4 Å². The minimum absolute atomic E-state index is 0.273. The van der Waals surface area contributed by atoms with Crippen LogP contribution in [0.25, 0.3) is 0 Å². The van der Waals surface area contributed by atoms with Crippen molar-refractivity contribution in [1.82, 2.24) is 21.0 Å². The minimum Gasteiger partial charge on any atom is -0.486 e. The van der Waals surface area contributed by atoms with Crippen LogP contribution in [0.15, 0.2) is 55.3 Å². The number of amides is 2. The largest absolute Gasteiger partial charge is 0.486 e. The van der Waals surface area contributed by atoms with Crippen LogP contribution in [0, 0.1) is 0 Å². The van der Waals surface area contributed by atoms with Crippen molar-refractivity contribution in [3.8, 4) is 23.0 Å². The number of fused-ring (bicyclic) bond motifs is 2. The monoisotopic (exact) mass is 642 g/mol. The number of rotatable bonds is 10. The van der Waals surface area contributed by atoms with E-state index in [2.05, 4.69) is 31.3 Å². The molecule has 2 amide bonds. The first kappa shape index (κ1) is 30.6. The quantitative estimate of drug-likeness (QED) is 0.188. The molecule has 2 aliphatic rings. The van der Waals surface area contributed by atoms with Gasteiger partial charge in [-0.15, -0.1) is 10.2 Å². The maximum absolute atomic E-state index is 12.7. The Morgan fingerprint density at radius 2 is 1.12 bits per heavy atom. The second kappa shape index (κ2) is 14.1. The maximum Gasteiger partial charge on any atom is 0.253 e. The molecule has 2 aromatic carbocycles. The lowest BCUT2D eigenvalue weighted by molar-refractivity contribution is -0.121. The van der Waals surface area contributed by atoms with Gasteiger partial charge in [0.25, 0.3) is 11.8 Å². The lowest BCUT2D eigenvalue weighted by Crippen LogP contribution is -2.27. The summed E-state index contributed by atoms with van der Waals surface area (Å²) in [5.74, 6) is 2.15. The molecule has 12 nitrogen and oxygen atoms in total. The molecular formula is C28H30N6O6S3. The van der Waals surface area contributed by atoms with E-state index < -0.39 is 10.5 Å². The maximum atomic E-state index is 12.7. The number of carbonyl (C=O) groups is 2. The molecule has 0 bridgehead atoms. The van der Waals surface area contributed by atoms with Gasteiger partial charge in [-0.3, -0.25) is 9.59 Å². The Balaban J connectivity index is 1.09. The molecule has 43 heavy (non-hydrogen) atoms. The summed E-state index contributed by atoms with van der Waals surface area (Å²) >= 11 is 3.85. The molecule has 3 heterocycles. The number of hydrogen-bond donors (Lipinski definition) is 2. The summed E-state index contributed by atoms with van der Waals surface area (Å²) in [7, 11) is 0. The van der Waals surface area contributed by atoms with Gasteiger partial charge in [0.05, 0.1) is 21.9 Å². The Bertz CT molecular complexity index is 1450. The van der Waals surface area contributed by atoms with Gasteiger partial charge >= 0.3 is 0 Å². The zero-order chi connectivity index (χ0) is 30.3. The van der Waals surface area contributed by atoms with Gasteiger partial charge in [0.2, 0.25) is 0 Å². The topological polar surface area (TPSA) is 146 Å². The second-order valence-corrected chi connectivity index (χ2v) is 13.6. The van der Waals surface area contributed by atoms with Gasteiger partial charge in [-0.05, 0) is 64.1 Å². The van der Waals surface area contributed by atoms with E-state index >= 15 is 0 Å². The van der Waals surface area contributed by atoms with Crippen LogP contribution in [0.1, 0.15) is 38.8 Å². The molecule has 0 aliphatic carbocycles. The molecule has 226 valence electrons. The number of nitrogens with one attached hydrogen (secondary N) is 2. The minimum atomic E-state index is -0.471. The average Bonchev–Trinajstić information content (AvgIpc) is 3.47. The van der Waals surface area contributed by atoms with Crippen molar-refractivity contribution in [2.75, 3.05) is 26.4 Å². The SMILES string of the molecule is CC(=NNC(=O)C(C)Sc1nnc(SC(C)C(=O)NN=C(C)c2ccc3c(c2)OCCO3)s1)c1ccc2c(c1)OCCO2. The highest BCUT2D eigenvalue weighted by Crippen LogP contribution is 2.34. The van der Waals surface area contributed by atoms with Crippen molar-refractivity contribution in [3.05, 3.63) is 47.5 Å². The first-order valence-corrected chi connectivity index (χ1v) is 16.0. The van der Waals surface area contributed by atoms with Crippen LogP contribution in [0.3, 0.4) is 0 Å². The number of nitrogens with zero attached hydrogens (tertiary/aromatic N) is 4. The summed E-state index contributed by atoms with van der Waals surface area (Å²) in [6.07, 6.45) is 0. The summed E-state index contributed by atoms with van der Waals surface area (Å²) in [4.78, 5) is 25.4. The molecule has 0 fully saturated rings. The molecule has 0 spiro atoms. The molecule has 15 heteroatoms. The van der Waals surface area contributed by atoms with Crippen molar-refractivity contribution in [3.63, 3.8) is 0 Å². The molecule has 3 aromatic rings. The van der Waals surface area contributed by atoms with E-state index in [1.165, 1.54) is 34.9 Å². The first-order valence-electron chi connectivity index (χ1n) is 13.4. The summed E-state index contributed by atoms with van der Waals surface area (Å²) in [5, 5.41) is 15.9. The number of thioether (sulfide) groups is 2. The Labute approximate surface area is 261 Å². The van der Waals surface area contributed by atoms with Crippen molar-refractivity contribution in [2.24, 2.45) is 10.2 Å². The van der Waals surface area contributed by atoms with Crippen LogP contribution in [-0.2, 0) is 9.59 Å². The fourth-order valence-electron chi connectivity index (χ4n) is 3.83. The zero-order valence-corrected chi connectivity index (χ0v) is 26.4. The molecule has 2 unspecified atom stereocenters. The third-order valence-corrected chi connectivity index (χ3v) is 9.56. The Morgan fingerprint density at radius 1 is 0.721 bits per heavy atom. The van der Waals surface area contributed by atoms with Gasteiger partial charge in [-0.25, -0.2) is 10.9 Å². The third kappa shape index (κ3) is 7.97. The third-order valence-electron chi connectivity index (χ3n) is 6.27. The molecule has 2 N–H and O–H groups in total. The zero-order valence-electron chi connectivity index (χ0n) is 23.9. The average molecular weight is 643 g/mol. The van der Waals surface area contributed by atoms with Gasteiger partial charge in [0.15, 0.2) is 31.7 Å². The number of benzene rings is 2. The van der Waals surface area contributed by atoms with Crippen LogP contribution in [0.2, 0.25) is 0 Å². The van der Waals surface area contributed by atoms with Crippen LogP contribution in [0.4, 0.5) is 0 Å². The molecule has 1 aromatic heterocycles. The van der Waals surface area contributed by atoms with E-state index in [1.54, 1.807) is 27.7 Å². The van der Waals surface area contributed by atoms with Crippen LogP contribution in [-0.4, -0.2) is 70.4 Å². The Hall–Kier alpha value is -3.82. The van der Waals surface area contributed by atoms with Crippen LogP contribution < -0.4 is 29.8 Å². The number of ether oxygens (including phenoxy) is 4. The van der Waals surface area contributed by atoms with Gasteiger partial charge < -0.3 is 18.9 Å². The number of hydrazone groups is 2. The fraction of sp³-hybridized carbons (Fsp3) is 0.357. The fourth-order valence-corrected chi connectivity index (χ4v) is 7.12. The first-order chi connectivity index (χ1) is 20.8. The standard InChI is InChI=1S/C28H30N6O6S3/c1-15(19-5-7-21-23(13-19)39-11-9-37-21)29-31-25(35)17(3)41-27-33-34-28(43-27)42-18(4)26(36)32-30-16(2)20-6-8-22-24(14-20)40-12-10-38-22/h5-8,13-14,17-18H,9-12H2,1-4H3,(H,31,35)(H,32,36). The summed E-state index contributed by atoms with van der Waals surface area (Å²) < 4.78 is 23.5. The number of aromatic nitrogens is 2. The molecule has 5 rings (SSSR count). The Morgan fingerprint density at radius 3 is 1.53 bits per heavy atom. The molecule has 2 aliphatic heterocycles. The van der Waals surface area contributed by atoms with E-state index in [9.17, 15) is 9.59 Å². The normalized spacial score (nSPS) is 15.8. The summed E-state index contributed by atoms with van der Waals surface area (Å²) in [5.41, 5.74) is 8.13. The highest BCUT2D eigenvalue weighted by atomic mass is 32.2. The van der Waals surface area contributed by atoms with E-state index in [-0.39, 0.29) is 11.8 Å². The van der Waals surface area contributed by atoms with E-state index in [1.807, 2.05) is 36.4 Å². The molecule has 0 saturated heterocycles. The lowest BCUT2D eigenvalue weighted by atomic mass is 10.1. The van der Waals surface area contributed by atoms with Crippen molar-refractivity contribution >= 4 is 58.1 Å². The summed E-state index contributed by atoms with van der Waals surface area (Å²) in [6, 6.07) is 11.1. The van der Waals surface area contributed by atoms with Crippen molar-refractivity contribution < 1.29 is 28.5 Å². The second-order valence-electron chi connectivity index (χ2n) is 9.42. The highest BCUT2D eigenvalue weighted by molar-refractivity contribution is 8.04. The van der Waals surface area contributed by atoms with E-state index in [0.29, 0.717) is 69.5 Å². The molecule has 0 radical (unpaired) electrons. The van der Waals surface area contributed by atoms with Crippen LogP contribution >= 0.6 is 34.9 Å². The van der Waals surface area contributed by atoms with Crippen molar-refractivity contribution in [1.29, 1.82) is 0 Å². The van der Waals surface area contributed by atoms with E-state index in [0.717, 1.165) is 11.1 Å². The smallest absolute Gasteiger partial charge is 0.253 e. The molecular weight excluding hydrogens is 613 g/mol. The van der Waals surface area contributed by atoms with Crippen molar-refractivity contribution in [2.45, 2.75) is 46.9 Å². The van der Waals surface area contributed by atoms with E-state index in [4.69, 9.17) is 18.9 Å². The predicted molar refractivity (Wildman–Crippen MR) is 166 cm³/mol. The van der Waals surface area contributed by atoms with Gasteiger partial charge in [-0.2, -0.15) is 10.2 Å². The lowest BCUT2D eigenvalue weighted by Gasteiger charge is -2.18.